The molecule has 0 saturated heterocycles. The van der Waals surface area contributed by atoms with E-state index in [0.29, 0.717) is 0 Å². The van der Waals surface area contributed by atoms with E-state index in [1.54, 1.807) is 0 Å². The predicted octanol–water partition coefficient (Wildman–Crippen LogP) is 8.31. The molecule has 5 heteroatoms. The summed E-state index contributed by atoms with van der Waals surface area (Å²) in [6.45, 7) is 14.8. The van der Waals surface area contributed by atoms with Gasteiger partial charge in [0.15, 0.2) is 0 Å². The number of nitrogens with zero attached hydrogens (tertiary/aromatic N) is 4. The Labute approximate surface area is 310 Å². The Kier molecular flexibility index (Phi) is 7.40. The molecule has 0 fully saturated rings. The van der Waals surface area contributed by atoms with Crippen LogP contribution in [0.15, 0.2) is 140 Å². The third-order valence-corrected chi connectivity index (χ3v) is 21.2. The van der Waals surface area contributed by atoms with E-state index in [0.717, 1.165) is 6.67 Å². The van der Waals surface area contributed by atoms with Crippen molar-refractivity contribution in [3.8, 4) is 16.8 Å². The molecule has 0 radical (unpaired) electrons. The Morgan fingerprint density at radius 1 is 0.577 bits per heavy atom. The zero-order valence-electron chi connectivity index (χ0n) is 31.3. The first-order chi connectivity index (χ1) is 24.9. The van der Waals surface area contributed by atoms with Crippen molar-refractivity contribution in [2.24, 2.45) is 0 Å². The van der Waals surface area contributed by atoms with Crippen LogP contribution in [0.1, 0.15) is 52.7 Å². The monoisotopic (exact) mass is 740 g/mol. The van der Waals surface area contributed by atoms with Crippen molar-refractivity contribution in [2.45, 2.75) is 52.4 Å². The van der Waals surface area contributed by atoms with Crippen LogP contribution in [0.3, 0.4) is 0 Å². The summed E-state index contributed by atoms with van der Waals surface area (Å²) in [6.07, 6.45) is 6.30. The van der Waals surface area contributed by atoms with Crippen LogP contribution in [-0.2, 0) is 10.8 Å². The number of anilines is 1. The molecular formula is C47H46GeN4. The molecule has 0 N–H and O–H groups in total. The number of hydrogen-bond acceptors (Lipinski definition) is 3. The van der Waals surface area contributed by atoms with Crippen LogP contribution in [0.25, 0.3) is 38.6 Å². The number of aromatic nitrogens is 2. The Balaban J connectivity index is 1.36. The van der Waals surface area contributed by atoms with E-state index in [-0.39, 0.29) is 10.8 Å². The van der Waals surface area contributed by atoms with Crippen LogP contribution in [-0.4, -0.2) is 41.4 Å². The first kappa shape index (κ1) is 32.8. The number of para-hydroxylation sites is 1. The summed E-state index contributed by atoms with van der Waals surface area (Å²) in [4.78, 5) is 9.78. The van der Waals surface area contributed by atoms with Crippen LogP contribution in [0.2, 0.25) is 0 Å². The van der Waals surface area contributed by atoms with E-state index in [9.17, 15) is 0 Å². The van der Waals surface area contributed by atoms with E-state index in [4.69, 9.17) is 4.98 Å². The van der Waals surface area contributed by atoms with Crippen molar-refractivity contribution in [3.63, 3.8) is 0 Å². The number of fused-ring (bicyclic) bond motifs is 6. The average molecular weight is 740 g/mol. The molecular weight excluding hydrogens is 693 g/mol. The molecule has 52 heavy (non-hydrogen) atoms. The molecule has 2 aliphatic rings. The number of rotatable bonds is 4. The summed E-state index contributed by atoms with van der Waals surface area (Å²) in [5, 5.41) is 2.54. The summed E-state index contributed by atoms with van der Waals surface area (Å²) in [7, 11) is 2.12. The third kappa shape index (κ3) is 4.98. The van der Waals surface area contributed by atoms with Crippen molar-refractivity contribution in [1.29, 1.82) is 0 Å². The van der Waals surface area contributed by atoms with Gasteiger partial charge in [-0.05, 0) is 0 Å². The fourth-order valence-corrected chi connectivity index (χ4v) is 19.0. The second-order valence-electron chi connectivity index (χ2n) is 16.8. The molecule has 258 valence electrons. The van der Waals surface area contributed by atoms with E-state index < -0.39 is 13.3 Å². The summed E-state index contributed by atoms with van der Waals surface area (Å²) in [5.41, 5.74) is 10.4. The Hall–Kier alpha value is -5.07. The number of hydrogen-bond donors (Lipinski definition) is 0. The van der Waals surface area contributed by atoms with Gasteiger partial charge in [0.25, 0.3) is 0 Å². The predicted molar refractivity (Wildman–Crippen MR) is 223 cm³/mol. The SMILES string of the molecule is CN1C=CN(c2cccc(-n3c4ccccc4c4cc[c]([Ge]5([c]6ccccn6)[c]6ccc(C(C)(C)C)cc6-c6cc(C(C)(C)C)cc[c]65)cc43)c2)C1. The third-order valence-electron chi connectivity index (χ3n) is 11.3. The van der Waals surface area contributed by atoms with Gasteiger partial charge >= 0.3 is 312 Å². The second-order valence-corrected chi connectivity index (χ2v) is 24.5. The topological polar surface area (TPSA) is 24.3 Å². The normalized spacial score (nSPS) is 15.1. The standard InChI is InChI=1S/C47H46GeN4/c1-46(2,3)32-18-22-41-39(27-32)40-28-33(47(4,5)6)19-23-42(40)48(41,45-17-10-11-24-49-45)34-20-21-38-37-15-8-9-16-43(37)52(44(38)29-34)36-14-12-13-35(30-36)51-26-25-50(7)31-51/h8-30H,31H2,1-7H3. The molecule has 4 nitrogen and oxygen atoms in total. The van der Waals surface area contributed by atoms with Gasteiger partial charge in [-0.2, -0.15) is 0 Å². The molecule has 0 atom stereocenters. The van der Waals surface area contributed by atoms with Crippen LogP contribution in [0.5, 0.6) is 0 Å². The molecule has 0 unspecified atom stereocenters. The van der Waals surface area contributed by atoms with Gasteiger partial charge in [0.05, 0.1) is 0 Å². The van der Waals surface area contributed by atoms with Crippen molar-refractivity contribution >= 4 is 58.5 Å². The molecule has 0 aliphatic carbocycles. The van der Waals surface area contributed by atoms with Crippen LogP contribution < -0.4 is 22.6 Å². The molecule has 4 heterocycles. The molecule has 0 spiro atoms. The zero-order chi connectivity index (χ0) is 36.0. The van der Waals surface area contributed by atoms with Crippen molar-refractivity contribution in [1.82, 2.24) is 14.5 Å². The van der Waals surface area contributed by atoms with E-state index in [1.165, 1.54) is 73.1 Å². The Morgan fingerprint density at radius 2 is 1.23 bits per heavy atom. The van der Waals surface area contributed by atoms with E-state index in [2.05, 4.69) is 197 Å². The molecule has 2 aliphatic heterocycles. The summed E-state index contributed by atoms with van der Waals surface area (Å²) < 4.78 is 8.06. The van der Waals surface area contributed by atoms with Crippen molar-refractivity contribution < 1.29 is 0 Å². The first-order valence-corrected chi connectivity index (χ1v) is 22.7. The minimum absolute atomic E-state index is 0.0364. The van der Waals surface area contributed by atoms with E-state index >= 15 is 0 Å². The summed E-state index contributed by atoms with van der Waals surface area (Å²) >= 11 is -3.66. The first-order valence-electron chi connectivity index (χ1n) is 18.5. The van der Waals surface area contributed by atoms with Gasteiger partial charge in [-0.15, -0.1) is 0 Å². The van der Waals surface area contributed by atoms with Gasteiger partial charge in [0.2, 0.25) is 0 Å². The molecule has 9 rings (SSSR count). The summed E-state index contributed by atoms with van der Waals surface area (Å²) in [6, 6.07) is 46.5. The van der Waals surface area contributed by atoms with Gasteiger partial charge in [-0.3, -0.25) is 0 Å². The fourth-order valence-electron chi connectivity index (χ4n) is 8.58. The maximum absolute atomic E-state index is 5.28. The van der Waals surface area contributed by atoms with Gasteiger partial charge in [-0.25, -0.2) is 0 Å². The second kappa shape index (κ2) is 11.7. The number of pyridine rings is 1. The fraction of sp³-hybridized carbons (Fsp3) is 0.213. The summed E-state index contributed by atoms with van der Waals surface area (Å²) in [5.74, 6) is 0. The zero-order valence-corrected chi connectivity index (χ0v) is 33.4. The molecule has 7 aromatic rings. The quantitative estimate of drug-likeness (QED) is 0.170. The molecule has 2 aromatic heterocycles. The number of benzene rings is 5. The molecule has 0 amide bonds. The van der Waals surface area contributed by atoms with Gasteiger partial charge in [0.1, 0.15) is 0 Å². The average Bonchev–Trinajstić information content (AvgIpc) is 3.81. The molecule has 0 saturated carbocycles. The van der Waals surface area contributed by atoms with Crippen LogP contribution in [0.4, 0.5) is 5.69 Å². The Morgan fingerprint density at radius 3 is 1.87 bits per heavy atom. The van der Waals surface area contributed by atoms with Crippen molar-refractivity contribution in [3.05, 3.63) is 151 Å². The van der Waals surface area contributed by atoms with Crippen LogP contribution >= 0.6 is 0 Å². The van der Waals surface area contributed by atoms with Crippen molar-refractivity contribution in [2.75, 3.05) is 18.6 Å². The van der Waals surface area contributed by atoms with Gasteiger partial charge in [-0.1, -0.05) is 0 Å². The van der Waals surface area contributed by atoms with Gasteiger partial charge < -0.3 is 0 Å². The van der Waals surface area contributed by atoms with Crippen LogP contribution in [0, 0.1) is 0 Å². The maximum atomic E-state index is 5.28. The van der Waals surface area contributed by atoms with Gasteiger partial charge in [0, 0.05) is 0 Å². The molecule has 0 bridgehead atoms. The Bertz CT molecular complexity index is 2480. The minimum atomic E-state index is -3.66. The van der Waals surface area contributed by atoms with E-state index in [1.807, 2.05) is 6.20 Å². The molecule has 5 aromatic carbocycles.